The van der Waals surface area contributed by atoms with E-state index in [1.54, 1.807) is 0 Å². The molecule has 1 aromatic carbocycles. The molecule has 0 N–H and O–H groups in total. The molecular formula is C13H17N. The highest BCUT2D eigenvalue weighted by Gasteiger charge is 2.13. The summed E-state index contributed by atoms with van der Waals surface area (Å²) in [6.07, 6.45) is 6.93. The molecule has 1 heteroatoms. The van der Waals surface area contributed by atoms with Crippen molar-refractivity contribution < 1.29 is 0 Å². The van der Waals surface area contributed by atoms with Gasteiger partial charge in [-0.1, -0.05) is 36.4 Å². The first kappa shape index (κ1) is 9.32. The van der Waals surface area contributed by atoms with Crippen LogP contribution in [0.25, 0.3) is 0 Å². The standard InChI is InChI=1S/C13H17N/c1-14-10-6-5-9-13(11-14)12-7-3-2-4-8-12/h2-4,6-8,10,13H,5,9,11H2,1H3. The summed E-state index contributed by atoms with van der Waals surface area (Å²) in [6.45, 7) is 1.14. The summed E-state index contributed by atoms with van der Waals surface area (Å²) in [5.41, 5.74) is 1.48. The Balaban J connectivity index is 2.12. The zero-order valence-corrected chi connectivity index (χ0v) is 8.69. The summed E-state index contributed by atoms with van der Waals surface area (Å²) >= 11 is 0. The second-order valence-corrected chi connectivity index (χ2v) is 4.01. The van der Waals surface area contributed by atoms with E-state index in [1.807, 2.05) is 0 Å². The van der Waals surface area contributed by atoms with Gasteiger partial charge in [-0.15, -0.1) is 0 Å². The molecule has 2 rings (SSSR count). The molecule has 0 aromatic heterocycles. The summed E-state index contributed by atoms with van der Waals surface area (Å²) in [4.78, 5) is 2.28. The molecule has 1 unspecified atom stereocenters. The van der Waals surface area contributed by atoms with Crippen LogP contribution < -0.4 is 0 Å². The van der Waals surface area contributed by atoms with Gasteiger partial charge >= 0.3 is 0 Å². The van der Waals surface area contributed by atoms with Crippen molar-refractivity contribution in [3.63, 3.8) is 0 Å². The molecule has 0 radical (unpaired) electrons. The number of allylic oxidation sites excluding steroid dienone is 1. The molecule has 1 aromatic rings. The number of hydrogen-bond acceptors (Lipinski definition) is 1. The highest BCUT2D eigenvalue weighted by molar-refractivity contribution is 5.20. The lowest BCUT2D eigenvalue weighted by atomic mass is 9.95. The van der Waals surface area contributed by atoms with Crippen molar-refractivity contribution in [2.45, 2.75) is 18.8 Å². The Labute approximate surface area is 86.1 Å². The Morgan fingerprint density at radius 3 is 2.79 bits per heavy atom. The number of likely N-dealkylation sites (N-methyl/N-ethyl adjacent to an activating group) is 1. The van der Waals surface area contributed by atoms with Crippen LogP contribution in [0.2, 0.25) is 0 Å². The Bertz CT molecular complexity index is 302. The number of nitrogens with zero attached hydrogens (tertiary/aromatic N) is 1. The van der Waals surface area contributed by atoms with Gasteiger partial charge in [0.1, 0.15) is 0 Å². The van der Waals surface area contributed by atoms with Crippen LogP contribution in [0.3, 0.4) is 0 Å². The predicted octanol–water partition coefficient (Wildman–Crippen LogP) is 3.01. The normalized spacial score (nSPS) is 22.1. The van der Waals surface area contributed by atoms with Gasteiger partial charge in [-0.3, -0.25) is 0 Å². The molecule has 0 saturated heterocycles. The van der Waals surface area contributed by atoms with E-state index in [9.17, 15) is 0 Å². The molecule has 0 bridgehead atoms. The molecule has 14 heavy (non-hydrogen) atoms. The van der Waals surface area contributed by atoms with E-state index >= 15 is 0 Å². The third-order valence-electron chi connectivity index (χ3n) is 2.82. The van der Waals surface area contributed by atoms with Crippen molar-refractivity contribution in [1.82, 2.24) is 4.90 Å². The SMILES string of the molecule is CN1C=CCCC(c2ccccc2)C1. The quantitative estimate of drug-likeness (QED) is 0.653. The second-order valence-electron chi connectivity index (χ2n) is 4.01. The van der Waals surface area contributed by atoms with E-state index in [0.29, 0.717) is 5.92 Å². The summed E-state index contributed by atoms with van der Waals surface area (Å²) in [5, 5.41) is 0. The van der Waals surface area contributed by atoms with E-state index in [0.717, 1.165) is 6.54 Å². The van der Waals surface area contributed by atoms with Crippen molar-refractivity contribution in [2.75, 3.05) is 13.6 Å². The zero-order chi connectivity index (χ0) is 9.80. The van der Waals surface area contributed by atoms with Crippen molar-refractivity contribution in [2.24, 2.45) is 0 Å². The van der Waals surface area contributed by atoms with Crippen molar-refractivity contribution in [3.05, 3.63) is 48.2 Å². The van der Waals surface area contributed by atoms with E-state index in [2.05, 4.69) is 54.6 Å². The number of benzene rings is 1. The first-order valence-electron chi connectivity index (χ1n) is 5.28. The highest BCUT2D eigenvalue weighted by Crippen LogP contribution is 2.24. The largest absolute Gasteiger partial charge is 0.380 e. The van der Waals surface area contributed by atoms with Crippen molar-refractivity contribution in [3.8, 4) is 0 Å². The highest BCUT2D eigenvalue weighted by atomic mass is 15.1. The molecule has 1 nitrogen and oxygen atoms in total. The minimum absolute atomic E-state index is 0.691. The molecule has 0 fully saturated rings. The van der Waals surface area contributed by atoms with Gasteiger partial charge in [-0.2, -0.15) is 0 Å². The lowest BCUT2D eigenvalue weighted by molar-refractivity contribution is 0.414. The van der Waals surface area contributed by atoms with Crippen LogP contribution in [0.5, 0.6) is 0 Å². The van der Waals surface area contributed by atoms with Crippen LogP contribution in [-0.2, 0) is 0 Å². The zero-order valence-electron chi connectivity index (χ0n) is 8.69. The lowest BCUT2D eigenvalue weighted by Gasteiger charge is -2.20. The smallest absolute Gasteiger partial charge is 0.0238 e. The van der Waals surface area contributed by atoms with Crippen LogP contribution in [0.15, 0.2) is 42.6 Å². The van der Waals surface area contributed by atoms with Crippen molar-refractivity contribution in [1.29, 1.82) is 0 Å². The molecule has 0 aliphatic carbocycles. The maximum atomic E-state index is 2.28. The third-order valence-corrected chi connectivity index (χ3v) is 2.82. The first-order valence-corrected chi connectivity index (χ1v) is 5.28. The number of hydrogen-bond donors (Lipinski definition) is 0. The van der Waals surface area contributed by atoms with Crippen LogP contribution in [0.1, 0.15) is 24.3 Å². The molecule has 74 valence electrons. The van der Waals surface area contributed by atoms with E-state index in [4.69, 9.17) is 0 Å². The summed E-state index contributed by atoms with van der Waals surface area (Å²) in [6, 6.07) is 10.8. The Hall–Kier alpha value is -1.24. The van der Waals surface area contributed by atoms with Crippen LogP contribution >= 0.6 is 0 Å². The van der Waals surface area contributed by atoms with E-state index in [1.165, 1.54) is 18.4 Å². The van der Waals surface area contributed by atoms with Crippen LogP contribution in [-0.4, -0.2) is 18.5 Å². The molecule has 1 atom stereocenters. The van der Waals surface area contributed by atoms with Gasteiger partial charge in [-0.05, 0) is 24.6 Å². The summed E-state index contributed by atoms with van der Waals surface area (Å²) < 4.78 is 0. The maximum absolute atomic E-state index is 2.28. The van der Waals surface area contributed by atoms with E-state index < -0.39 is 0 Å². The summed E-state index contributed by atoms with van der Waals surface area (Å²) in [7, 11) is 2.15. The van der Waals surface area contributed by atoms with Crippen LogP contribution in [0, 0.1) is 0 Å². The van der Waals surface area contributed by atoms with Gasteiger partial charge in [-0.25, -0.2) is 0 Å². The van der Waals surface area contributed by atoms with Crippen LogP contribution in [0.4, 0.5) is 0 Å². The lowest BCUT2D eigenvalue weighted by Crippen LogP contribution is -2.17. The second kappa shape index (κ2) is 4.32. The first-order chi connectivity index (χ1) is 6.86. The Morgan fingerprint density at radius 2 is 2.00 bits per heavy atom. The Morgan fingerprint density at radius 1 is 1.21 bits per heavy atom. The molecule has 0 spiro atoms. The molecule has 0 amide bonds. The van der Waals surface area contributed by atoms with Gasteiger partial charge in [0, 0.05) is 19.5 Å². The molecule has 0 saturated carbocycles. The van der Waals surface area contributed by atoms with Gasteiger partial charge in [0.25, 0.3) is 0 Å². The topological polar surface area (TPSA) is 3.24 Å². The minimum Gasteiger partial charge on any atom is -0.380 e. The molecule has 1 aliphatic rings. The molecule has 1 aliphatic heterocycles. The fourth-order valence-electron chi connectivity index (χ4n) is 2.05. The predicted molar refractivity (Wildman–Crippen MR) is 60.2 cm³/mol. The van der Waals surface area contributed by atoms with Gasteiger partial charge in [0.15, 0.2) is 0 Å². The average molecular weight is 187 g/mol. The Kier molecular flexibility index (Phi) is 2.87. The minimum atomic E-state index is 0.691. The number of rotatable bonds is 1. The maximum Gasteiger partial charge on any atom is 0.0238 e. The third kappa shape index (κ3) is 2.16. The van der Waals surface area contributed by atoms with Gasteiger partial charge in [0.2, 0.25) is 0 Å². The monoisotopic (exact) mass is 187 g/mol. The average Bonchev–Trinajstić information content (AvgIpc) is 2.44. The fourth-order valence-corrected chi connectivity index (χ4v) is 2.05. The van der Waals surface area contributed by atoms with Gasteiger partial charge < -0.3 is 4.90 Å². The van der Waals surface area contributed by atoms with Gasteiger partial charge in [0.05, 0.1) is 0 Å². The molecule has 1 heterocycles. The molecular weight excluding hydrogens is 170 g/mol. The fraction of sp³-hybridized carbons (Fsp3) is 0.385. The van der Waals surface area contributed by atoms with E-state index in [-0.39, 0.29) is 0 Å². The van der Waals surface area contributed by atoms with Crippen molar-refractivity contribution >= 4 is 0 Å². The summed E-state index contributed by atoms with van der Waals surface area (Å²) in [5.74, 6) is 0.691.